The van der Waals surface area contributed by atoms with E-state index in [2.05, 4.69) is 10.1 Å². The number of aliphatic carboxylic acids is 1. The molecule has 1 aliphatic carbocycles. The molecule has 1 aromatic heterocycles. The number of hydrogen-bond acceptors (Lipinski definition) is 5. The van der Waals surface area contributed by atoms with Crippen molar-refractivity contribution >= 4 is 5.97 Å². The molecule has 6 heteroatoms. The van der Waals surface area contributed by atoms with Crippen LogP contribution in [-0.4, -0.2) is 34.9 Å². The molecule has 0 aliphatic heterocycles. The van der Waals surface area contributed by atoms with Crippen molar-refractivity contribution in [2.24, 2.45) is 5.92 Å². The van der Waals surface area contributed by atoms with Gasteiger partial charge in [0.1, 0.15) is 0 Å². The Balaban J connectivity index is 2.04. The van der Waals surface area contributed by atoms with Gasteiger partial charge in [0, 0.05) is 20.1 Å². The Bertz CT molecular complexity index is 455. The smallest absolute Gasteiger partial charge is 0.307 e. The number of carbonyl (C=O) groups is 1. The Morgan fingerprint density at radius 3 is 3.05 bits per heavy atom. The van der Waals surface area contributed by atoms with Crippen LogP contribution in [-0.2, 0) is 16.0 Å². The molecule has 104 valence electrons. The number of allylic oxidation sites excluding steroid dienone is 2. The molecule has 2 rings (SSSR count). The zero-order chi connectivity index (χ0) is 13.7. The molecule has 1 aromatic rings. The largest absolute Gasteiger partial charge is 0.481 e. The molecule has 0 saturated heterocycles. The Kier molecular flexibility index (Phi) is 4.68. The van der Waals surface area contributed by atoms with Crippen molar-refractivity contribution in [3.63, 3.8) is 0 Å². The molecule has 0 aromatic carbocycles. The van der Waals surface area contributed by atoms with Gasteiger partial charge in [-0.3, -0.25) is 4.79 Å². The number of carboxylic acids is 1. The van der Waals surface area contributed by atoms with Gasteiger partial charge in [-0.2, -0.15) is 4.98 Å². The Morgan fingerprint density at radius 1 is 1.53 bits per heavy atom. The van der Waals surface area contributed by atoms with Crippen LogP contribution in [0.4, 0.5) is 0 Å². The molecular weight excluding hydrogens is 248 g/mol. The van der Waals surface area contributed by atoms with Crippen molar-refractivity contribution in [1.82, 2.24) is 10.1 Å². The molecular formula is C13H18N2O4. The number of aromatic nitrogens is 2. The van der Waals surface area contributed by atoms with Gasteiger partial charge in [-0.05, 0) is 19.3 Å². The molecule has 1 heterocycles. The van der Waals surface area contributed by atoms with Crippen molar-refractivity contribution < 1.29 is 19.2 Å². The van der Waals surface area contributed by atoms with Crippen molar-refractivity contribution in [2.45, 2.75) is 31.6 Å². The monoisotopic (exact) mass is 266 g/mol. The molecule has 0 unspecified atom stereocenters. The minimum atomic E-state index is -0.812. The van der Waals surface area contributed by atoms with Gasteiger partial charge in [-0.25, -0.2) is 0 Å². The molecule has 0 amide bonds. The van der Waals surface area contributed by atoms with Gasteiger partial charge < -0.3 is 14.4 Å². The summed E-state index contributed by atoms with van der Waals surface area (Å²) in [5.74, 6) is -0.452. The predicted octanol–water partition coefficient (Wildman–Crippen LogP) is 1.78. The highest BCUT2D eigenvalue weighted by atomic mass is 16.5. The SMILES string of the molecule is COCCCc1noc([C@@H]2CC=CC[C@@H]2C(=O)O)n1. The van der Waals surface area contributed by atoms with E-state index in [1.54, 1.807) is 7.11 Å². The summed E-state index contributed by atoms with van der Waals surface area (Å²) >= 11 is 0. The maximum absolute atomic E-state index is 11.2. The number of carboxylic acid groups (broad SMARTS) is 1. The molecule has 19 heavy (non-hydrogen) atoms. The van der Waals surface area contributed by atoms with Crippen LogP contribution in [0.15, 0.2) is 16.7 Å². The second-order valence-corrected chi connectivity index (χ2v) is 4.64. The van der Waals surface area contributed by atoms with E-state index in [-0.39, 0.29) is 5.92 Å². The van der Waals surface area contributed by atoms with Crippen molar-refractivity contribution in [2.75, 3.05) is 13.7 Å². The fourth-order valence-corrected chi connectivity index (χ4v) is 2.25. The number of rotatable bonds is 6. The summed E-state index contributed by atoms with van der Waals surface area (Å²) in [7, 11) is 1.65. The highest BCUT2D eigenvalue weighted by Crippen LogP contribution is 2.33. The third kappa shape index (κ3) is 3.41. The van der Waals surface area contributed by atoms with Gasteiger partial charge in [-0.15, -0.1) is 0 Å². The second kappa shape index (κ2) is 6.47. The minimum Gasteiger partial charge on any atom is -0.481 e. The van der Waals surface area contributed by atoms with E-state index < -0.39 is 11.9 Å². The normalized spacial score (nSPS) is 22.6. The zero-order valence-corrected chi connectivity index (χ0v) is 10.9. The molecule has 1 aliphatic rings. The summed E-state index contributed by atoms with van der Waals surface area (Å²) in [5.41, 5.74) is 0. The van der Waals surface area contributed by atoms with Crippen LogP contribution in [0.2, 0.25) is 0 Å². The third-order valence-corrected chi connectivity index (χ3v) is 3.30. The van der Waals surface area contributed by atoms with Crippen molar-refractivity contribution in [3.05, 3.63) is 23.9 Å². The van der Waals surface area contributed by atoms with E-state index in [1.807, 2.05) is 12.2 Å². The molecule has 1 N–H and O–H groups in total. The van der Waals surface area contributed by atoms with Crippen molar-refractivity contribution in [1.29, 1.82) is 0 Å². The maximum Gasteiger partial charge on any atom is 0.307 e. The summed E-state index contributed by atoms with van der Waals surface area (Å²) in [4.78, 5) is 15.5. The molecule has 0 saturated carbocycles. The average molecular weight is 266 g/mol. The number of ether oxygens (including phenoxy) is 1. The summed E-state index contributed by atoms with van der Waals surface area (Å²) in [6.45, 7) is 0.647. The topological polar surface area (TPSA) is 85.5 Å². The van der Waals surface area contributed by atoms with E-state index in [0.717, 1.165) is 6.42 Å². The van der Waals surface area contributed by atoms with E-state index >= 15 is 0 Å². The van der Waals surface area contributed by atoms with E-state index in [9.17, 15) is 9.90 Å². The highest BCUT2D eigenvalue weighted by molar-refractivity contribution is 5.71. The number of nitrogens with zero attached hydrogens (tertiary/aromatic N) is 2. The molecule has 0 bridgehead atoms. The average Bonchev–Trinajstić information content (AvgIpc) is 2.88. The molecule has 2 atom stereocenters. The van der Waals surface area contributed by atoms with Crippen LogP contribution in [0.1, 0.15) is 36.9 Å². The summed E-state index contributed by atoms with van der Waals surface area (Å²) in [5, 5.41) is 13.1. The lowest BCUT2D eigenvalue weighted by molar-refractivity contribution is -0.142. The lowest BCUT2D eigenvalue weighted by atomic mass is 9.83. The number of aryl methyl sites for hydroxylation is 1. The van der Waals surface area contributed by atoms with Gasteiger partial charge >= 0.3 is 5.97 Å². The standard InChI is InChI=1S/C13H18N2O4/c1-18-8-4-7-11-14-12(19-15-11)9-5-2-3-6-10(9)13(16)17/h2-3,9-10H,4-8H2,1H3,(H,16,17)/t9-,10+/m1/s1. The molecule has 6 nitrogen and oxygen atoms in total. The van der Waals surface area contributed by atoms with Crippen LogP contribution in [0.5, 0.6) is 0 Å². The van der Waals surface area contributed by atoms with Gasteiger partial charge in [0.05, 0.1) is 11.8 Å². The van der Waals surface area contributed by atoms with Gasteiger partial charge in [0.15, 0.2) is 5.82 Å². The first kappa shape index (κ1) is 13.7. The number of methoxy groups -OCH3 is 1. The number of hydrogen-bond donors (Lipinski definition) is 1. The van der Waals surface area contributed by atoms with Gasteiger partial charge in [0.25, 0.3) is 0 Å². The van der Waals surface area contributed by atoms with Crippen LogP contribution in [0, 0.1) is 5.92 Å². The molecule has 0 radical (unpaired) electrons. The summed E-state index contributed by atoms with van der Waals surface area (Å²) < 4.78 is 10.2. The van der Waals surface area contributed by atoms with Crippen LogP contribution in [0.25, 0.3) is 0 Å². The quantitative estimate of drug-likeness (QED) is 0.624. The molecule has 0 spiro atoms. The third-order valence-electron chi connectivity index (χ3n) is 3.30. The lowest BCUT2D eigenvalue weighted by Gasteiger charge is -2.21. The van der Waals surface area contributed by atoms with Gasteiger partial charge in [-0.1, -0.05) is 17.3 Å². The predicted molar refractivity (Wildman–Crippen MR) is 66.7 cm³/mol. The van der Waals surface area contributed by atoms with E-state index in [1.165, 1.54) is 0 Å². The van der Waals surface area contributed by atoms with Crippen LogP contribution in [0.3, 0.4) is 0 Å². The zero-order valence-electron chi connectivity index (χ0n) is 10.9. The van der Waals surface area contributed by atoms with Crippen LogP contribution >= 0.6 is 0 Å². The van der Waals surface area contributed by atoms with Crippen LogP contribution < -0.4 is 0 Å². The van der Waals surface area contributed by atoms with E-state index in [0.29, 0.717) is 37.6 Å². The summed E-state index contributed by atoms with van der Waals surface area (Å²) in [6.07, 6.45) is 6.52. The highest BCUT2D eigenvalue weighted by Gasteiger charge is 2.33. The minimum absolute atomic E-state index is 0.217. The summed E-state index contributed by atoms with van der Waals surface area (Å²) in [6, 6.07) is 0. The fraction of sp³-hybridized carbons (Fsp3) is 0.615. The van der Waals surface area contributed by atoms with E-state index in [4.69, 9.17) is 9.26 Å². The van der Waals surface area contributed by atoms with Crippen molar-refractivity contribution in [3.8, 4) is 0 Å². The fourth-order valence-electron chi connectivity index (χ4n) is 2.25. The Hall–Kier alpha value is -1.69. The lowest BCUT2D eigenvalue weighted by Crippen LogP contribution is -2.23. The van der Waals surface area contributed by atoms with Gasteiger partial charge in [0.2, 0.25) is 5.89 Å². The first-order valence-electron chi connectivity index (χ1n) is 6.41. The Morgan fingerprint density at radius 2 is 2.32 bits per heavy atom. The maximum atomic E-state index is 11.2. The first-order valence-corrected chi connectivity index (χ1v) is 6.41. The second-order valence-electron chi connectivity index (χ2n) is 4.64. The molecule has 0 fully saturated rings. The first-order chi connectivity index (χ1) is 9.22. The Labute approximate surface area is 111 Å².